The lowest BCUT2D eigenvalue weighted by molar-refractivity contribution is 0.559. The van der Waals surface area contributed by atoms with Gasteiger partial charge in [-0.25, -0.2) is 0 Å². The summed E-state index contributed by atoms with van der Waals surface area (Å²) in [5.41, 5.74) is 0. The van der Waals surface area contributed by atoms with Crippen LogP contribution in [0.25, 0.3) is 0 Å². The molecule has 2 nitrogen and oxygen atoms in total. The maximum absolute atomic E-state index is 11.4. The lowest BCUT2D eigenvalue weighted by Crippen LogP contribution is -1.87. The molecule has 0 N–H and O–H groups in total. The molecule has 0 aliphatic carbocycles. The van der Waals surface area contributed by atoms with E-state index in [0.717, 1.165) is 6.92 Å². The van der Waals surface area contributed by atoms with E-state index in [2.05, 4.69) is 6.58 Å². The first-order valence-electron chi connectivity index (χ1n) is 1.55. The zero-order chi connectivity index (χ0) is 6.08. The molecule has 0 spiro atoms. The highest BCUT2D eigenvalue weighted by Crippen LogP contribution is 2.01. The summed E-state index contributed by atoms with van der Waals surface area (Å²) in [5.74, 6) is 0. The molecule has 0 atom stereocenters. The summed E-state index contributed by atoms with van der Waals surface area (Å²) in [6, 6.07) is 0. The van der Waals surface area contributed by atoms with Crippen molar-refractivity contribution >= 4 is 10.2 Å². The maximum Gasteiger partial charge on any atom is 0.327 e. The maximum atomic E-state index is 11.4. The molecular formula is C3H5FO2S. The highest BCUT2D eigenvalue weighted by molar-refractivity contribution is 7.90. The van der Waals surface area contributed by atoms with Crippen molar-refractivity contribution < 1.29 is 12.3 Å². The number of hydrogen-bond donors (Lipinski definition) is 0. The average Bonchev–Trinajstić information content (AvgIpc) is 1.31. The molecule has 0 fully saturated rings. The minimum absolute atomic E-state index is 0.451. The summed E-state index contributed by atoms with van der Waals surface area (Å²) in [7, 11) is -4.44. The first-order valence-corrected chi connectivity index (χ1v) is 2.93. The third kappa shape index (κ3) is 2.33. The number of rotatable bonds is 1. The summed E-state index contributed by atoms with van der Waals surface area (Å²) >= 11 is 0. The number of halogens is 1. The van der Waals surface area contributed by atoms with Crippen molar-refractivity contribution in [2.24, 2.45) is 0 Å². The fourth-order valence-electron chi connectivity index (χ4n) is 0. The molecule has 0 saturated heterocycles. The lowest BCUT2D eigenvalue weighted by atomic mass is 10.8. The van der Waals surface area contributed by atoms with E-state index in [1.165, 1.54) is 0 Å². The van der Waals surface area contributed by atoms with Gasteiger partial charge in [0.25, 0.3) is 0 Å². The van der Waals surface area contributed by atoms with Crippen molar-refractivity contribution in [1.29, 1.82) is 0 Å². The second-order valence-electron chi connectivity index (χ2n) is 1.14. The Bertz CT molecular complexity index is 167. The molecule has 0 aliphatic rings. The van der Waals surface area contributed by atoms with Crippen molar-refractivity contribution in [1.82, 2.24) is 0 Å². The Morgan fingerprint density at radius 2 is 1.86 bits per heavy atom. The van der Waals surface area contributed by atoms with Gasteiger partial charge in [0.05, 0.1) is 4.91 Å². The van der Waals surface area contributed by atoms with Crippen LogP contribution in [0.3, 0.4) is 0 Å². The van der Waals surface area contributed by atoms with E-state index in [-0.39, 0.29) is 0 Å². The molecule has 42 valence electrons. The van der Waals surface area contributed by atoms with Crippen molar-refractivity contribution in [3.8, 4) is 0 Å². The zero-order valence-electron chi connectivity index (χ0n) is 3.81. The fourth-order valence-corrected chi connectivity index (χ4v) is 0. The minimum atomic E-state index is -4.44. The van der Waals surface area contributed by atoms with Gasteiger partial charge in [0.1, 0.15) is 0 Å². The van der Waals surface area contributed by atoms with Crippen LogP contribution in [0.2, 0.25) is 0 Å². The van der Waals surface area contributed by atoms with Crippen LogP contribution in [0.5, 0.6) is 0 Å². The highest BCUT2D eigenvalue weighted by atomic mass is 32.3. The van der Waals surface area contributed by atoms with Gasteiger partial charge in [-0.2, -0.15) is 8.42 Å². The molecule has 0 heterocycles. The van der Waals surface area contributed by atoms with Crippen molar-refractivity contribution in [2.75, 3.05) is 0 Å². The predicted molar refractivity (Wildman–Crippen MR) is 24.8 cm³/mol. The second kappa shape index (κ2) is 1.61. The van der Waals surface area contributed by atoms with E-state index in [9.17, 15) is 12.3 Å². The van der Waals surface area contributed by atoms with E-state index < -0.39 is 15.1 Å². The first-order chi connectivity index (χ1) is 2.94. The zero-order valence-corrected chi connectivity index (χ0v) is 4.63. The van der Waals surface area contributed by atoms with E-state index >= 15 is 0 Å². The van der Waals surface area contributed by atoms with Crippen molar-refractivity contribution in [3.05, 3.63) is 11.5 Å². The third-order valence-corrected chi connectivity index (χ3v) is 1.25. The summed E-state index contributed by atoms with van der Waals surface area (Å²) < 4.78 is 30.5. The molecule has 0 aromatic carbocycles. The van der Waals surface area contributed by atoms with Crippen LogP contribution in [-0.2, 0) is 10.2 Å². The highest BCUT2D eigenvalue weighted by Gasteiger charge is 2.04. The monoisotopic (exact) mass is 124 g/mol. The van der Waals surface area contributed by atoms with Crippen LogP contribution in [0.4, 0.5) is 3.89 Å². The van der Waals surface area contributed by atoms with Gasteiger partial charge < -0.3 is 0 Å². The lowest BCUT2D eigenvalue weighted by Gasteiger charge is -1.82. The van der Waals surface area contributed by atoms with Gasteiger partial charge in [-0.1, -0.05) is 6.58 Å². The Morgan fingerprint density at radius 3 is 1.86 bits per heavy atom. The summed E-state index contributed by atoms with van der Waals surface area (Å²) in [6.07, 6.45) is 0. The van der Waals surface area contributed by atoms with Crippen LogP contribution < -0.4 is 0 Å². The van der Waals surface area contributed by atoms with Gasteiger partial charge in [-0.15, -0.1) is 3.89 Å². The van der Waals surface area contributed by atoms with Gasteiger partial charge in [-0.3, -0.25) is 0 Å². The number of hydrogen-bond acceptors (Lipinski definition) is 2. The molecule has 7 heavy (non-hydrogen) atoms. The molecule has 0 amide bonds. The Kier molecular flexibility index (Phi) is 1.53. The van der Waals surface area contributed by atoms with Gasteiger partial charge >= 0.3 is 10.2 Å². The van der Waals surface area contributed by atoms with Crippen molar-refractivity contribution in [2.45, 2.75) is 6.92 Å². The Morgan fingerprint density at radius 1 is 1.71 bits per heavy atom. The van der Waals surface area contributed by atoms with Crippen LogP contribution in [0, 0.1) is 0 Å². The van der Waals surface area contributed by atoms with Crippen molar-refractivity contribution in [3.63, 3.8) is 0 Å². The van der Waals surface area contributed by atoms with Gasteiger partial charge in [-0.05, 0) is 6.92 Å². The second-order valence-corrected chi connectivity index (χ2v) is 2.71. The predicted octanol–water partition coefficient (Wildman–Crippen LogP) is 0.819. The molecule has 0 rings (SSSR count). The van der Waals surface area contributed by atoms with Crippen LogP contribution in [0.15, 0.2) is 11.5 Å². The number of allylic oxidation sites excluding steroid dienone is 1. The minimum Gasteiger partial charge on any atom is -0.190 e. The van der Waals surface area contributed by atoms with Crippen LogP contribution >= 0.6 is 0 Å². The van der Waals surface area contributed by atoms with E-state index in [1.807, 2.05) is 0 Å². The van der Waals surface area contributed by atoms with E-state index in [0.29, 0.717) is 0 Å². The molecule has 0 bridgehead atoms. The Labute approximate surface area is 41.9 Å². The van der Waals surface area contributed by atoms with Crippen LogP contribution in [-0.4, -0.2) is 8.42 Å². The summed E-state index contributed by atoms with van der Waals surface area (Å²) in [5, 5.41) is 0. The normalized spacial score (nSPS) is 11.1. The van der Waals surface area contributed by atoms with Gasteiger partial charge in [0.2, 0.25) is 0 Å². The van der Waals surface area contributed by atoms with Gasteiger partial charge in [0, 0.05) is 0 Å². The van der Waals surface area contributed by atoms with E-state index in [1.54, 1.807) is 0 Å². The quantitative estimate of drug-likeness (QED) is 0.485. The topological polar surface area (TPSA) is 34.1 Å². The summed E-state index contributed by atoms with van der Waals surface area (Å²) in [6.45, 7) is 3.96. The fraction of sp³-hybridized carbons (Fsp3) is 0.333. The van der Waals surface area contributed by atoms with Gasteiger partial charge in [0.15, 0.2) is 0 Å². The molecule has 0 unspecified atom stereocenters. The largest absolute Gasteiger partial charge is 0.327 e. The average molecular weight is 124 g/mol. The SMILES string of the molecule is C=C(C)S(=O)(=O)F. The molecule has 0 aliphatic heterocycles. The Balaban J connectivity index is 4.43. The molecule has 0 aromatic heterocycles. The third-order valence-electron chi connectivity index (χ3n) is 0.416. The molecule has 0 saturated carbocycles. The standard InChI is InChI=1S/C3H5FO2S/c1-3(2)7(4,5)6/h1H2,2H3. The van der Waals surface area contributed by atoms with E-state index in [4.69, 9.17) is 0 Å². The molecule has 0 aromatic rings. The molecule has 0 radical (unpaired) electrons. The molecule has 4 heteroatoms. The summed E-state index contributed by atoms with van der Waals surface area (Å²) in [4.78, 5) is -0.451. The first kappa shape index (κ1) is 6.62. The Hall–Kier alpha value is -0.380. The smallest absolute Gasteiger partial charge is 0.190 e. The molecular weight excluding hydrogens is 119 g/mol. The van der Waals surface area contributed by atoms with Crippen LogP contribution in [0.1, 0.15) is 6.92 Å².